The van der Waals surface area contributed by atoms with Crippen LogP contribution in [0.5, 0.6) is 11.5 Å². The Morgan fingerprint density at radius 2 is 1.92 bits per heavy atom. The quantitative estimate of drug-likeness (QED) is 0.528. The first kappa shape index (κ1) is 19.8. The molecule has 5 nitrogen and oxygen atoms in total. The number of carbonyl (C=O) groups is 1. The molecule has 1 N–H and O–H groups in total. The third kappa shape index (κ3) is 6.41. The first-order valence-electron chi connectivity index (χ1n) is 8.58. The van der Waals surface area contributed by atoms with Gasteiger partial charge in [0.05, 0.1) is 25.8 Å². The van der Waals surface area contributed by atoms with Gasteiger partial charge in [0.1, 0.15) is 11.5 Å². The van der Waals surface area contributed by atoms with E-state index in [4.69, 9.17) is 21.1 Å². The molecule has 1 amide bonds. The molecule has 2 aromatic carbocycles. The number of benzene rings is 2. The molecule has 0 heterocycles. The fourth-order valence-electron chi connectivity index (χ4n) is 2.23. The number of nitrogens with one attached hydrogen (secondary N) is 1. The molecule has 0 bridgehead atoms. The number of rotatable bonds is 9. The first-order valence-corrected chi connectivity index (χ1v) is 8.96. The lowest BCUT2D eigenvalue weighted by molar-refractivity contribution is -0.120. The fraction of sp³-hybridized carbons (Fsp3) is 0.300. The van der Waals surface area contributed by atoms with Gasteiger partial charge in [0.2, 0.25) is 5.91 Å². The van der Waals surface area contributed by atoms with Crippen molar-refractivity contribution in [1.29, 1.82) is 0 Å². The van der Waals surface area contributed by atoms with Crippen LogP contribution in [0.3, 0.4) is 0 Å². The maximum Gasteiger partial charge on any atom is 0.244 e. The molecule has 0 unspecified atom stereocenters. The second-order valence-electron chi connectivity index (χ2n) is 5.58. The van der Waals surface area contributed by atoms with Gasteiger partial charge in [-0.1, -0.05) is 30.7 Å². The molecule has 0 aliphatic heterocycles. The lowest BCUT2D eigenvalue weighted by Gasteiger charge is -2.08. The monoisotopic (exact) mass is 374 g/mol. The fourth-order valence-corrected chi connectivity index (χ4v) is 2.41. The summed E-state index contributed by atoms with van der Waals surface area (Å²) >= 11 is 6.02. The summed E-state index contributed by atoms with van der Waals surface area (Å²) in [5.74, 6) is 1.26. The zero-order valence-corrected chi connectivity index (χ0v) is 15.8. The number of hydrogen-bond donors (Lipinski definition) is 1. The zero-order chi connectivity index (χ0) is 18.8. The summed E-state index contributed by atoms with van der Waals surface area (Å²) < 4.78 is 11.0. The van der Waals surface area contributed by atoms with Crippen molar-refractivity contribution in [1.82, 2.24) is 5.43 Å². The van der Waals surface area contributed by atoms with Crippen molar-refractivity contribution in [2.75, 3.05) is 13.2 Å². The standard InChI is InChI=1S/C20H23ClN2O3/c1-3-11-26-19-10-7-17(21)13-16(19)14-22-23-20(24)12-15-5-8-18(9-6-15)25-4-2/h5-10,13-14H,3-4,11-12H2,1-2H3,(H,23,24)/b22-14-. The number of ether oxygens (including phenoxy) is 2. The van der Waals surface area contributed by atoms with Crippen LogP contribution in [-0.2, 0) is 11.2 Å². The summed E-state index contributed by atoms with van der Waals surface area (Å²) in [6.07, 6.45) is 2.67. The summed E-state index contributed by atoms with van der Waals surface area (Å²) in [6.45, 7) is 5.18. The van der Waals surface area contributed by atoms with Crippen molar-refractivity contribution in [3.63, 3.8) is 0 Å². The highest BCUT2D eigenvalue weighted by atomic mass is 35.5. The first-order chi connectivity index (χ1) is 12.6. The summed E-state index contributed by atoms with van der Waals surface area (Å²) in [5, 5.41) is 4.59. The van der Waals surface area contributed by atoms with E-state index in [1.165, 1.54) is 6.21 Å². The normalized spacial score (nSPS) is 10.7. The van der Waals surface area contributed by atoms with Crippen molar-refractivity contribution < 1.29 is 14.3 Å². The van der Waals surface area contributed by atoms with Gasteiger partial charge in [-0.2, -0.15) is 5.10 Å². The van der Waals surface area contributed by atoms with Gasteiger partial charge in [-0.25, -0.2) is 5.43 Å². The minimum absolute atomic E-state index is 0.205. The van der Waals surface area contributed by atoms with Crippen LogP contribution in [0.4, 0.5) is 0 Å². The molecule has 0 atom stereocenters. The number of amides is 1. The Balaban J connectivity index is 1.93. The van der Waals surface area contributed by atoms with E-state index in [1.807, 2.05) is 38.1 Å². The van der Waals surface area contributed by atoms with E-state index < -0.39 is 0 Å². The van der Waals surface area contributed by atoms with Gasteiger partial charge in [-0.3, -0.25) is 4.79 Å². The highest BCUT2D eigenvalue weighted by molar-refractivity contribution is 6.30. The van der Waals surface area contributed by atoms with Gasteiger partial charge in [0.25, 0.3) is 0 Å². The Kier molecular flexibility index (Phi) is 7.96. The van der Waals surface area contributed by atoms with E-state index >= 15 is 0 Å². The van der Waals surface area contributed by atoms with Crippen molar-refractivity contribution in [3.8, 4) is 11.5 Å². The van der Waals surface area contributed by atoms with E-state index in [2.05, 4.69) is 10.5 Å². The largest absolute Gasteiger partial charge is 0.494 e. The van der Waals surface area contributed by atoms with Gasteiger partial charge < -0.3 is 9.47 Å². The molecule has 2 rings (SSSR count). The van der Waals surface area contributed by atoms with Crippen molar-refractivity contribution in [3.05, 3.63) is 58.6 Å². The van der Waals surface area contributed by atoms with Crippen LogP contribution in [0, 0.1) is 0 Å². The van der Waals surface area contributed by atoms with Gasteiger partial charge in [0.15, 0.2) is 0 Å². The van der Waals surface area contributed by atoms with E-state index in [1.54, 1.807) is 18.2 Å². The molecular weight excluding hydrogens is 352 g/mol. The topological polar surface area (TPSA) is 59.9 Å². The third-order valence-electron chi connectivity index (χ3n) is 3.43. The van der Waals surface area contributed by atoms with E-state index in [-0.39, 0.29) is 12.3 Å². The Bertz CT molecular complexity index is 745. The van der Waals surface area contributed by atoms with Gasteiger partial charge >= 0.3 is 0 Å². The number of carbonyl (C=O) groups excluding carboxylic acids is 1. The maximum atomic E-state index is 12.0. The third-order valence-corrected chi connectivity index (χ3v) is 3.66. The molecule has 0 aromatic heterocycles. The molecule has 0 saturated carbocycles. The predicted octanol–water partition coefficient (Wildman–Crippen LogP) is 4.22. The number of hydrazone groups is 1. The summed E-state index contributed by atoms with van der Waals surface area (Å²) in [7, 11) is 0. The van der Waals surface area contributed by atoms with E-state index in [0.717, 1.165) is 17.7 Å². The summed E-state index contributed by atoms with van der Waals surface area (Å²) in [5.41, 5.74) is 4.12. The molecule has 0 aliphatic carbocycles. The molecule has 0 spiro atoms. The summed E-state index contributed by atoms with van der Waals surface area (Å²) in [4.78, 5) is 12.0. The molecule has 0 saturated heterocycles. The van der Waals surface area contributed by atoms with Crippen LogP contribution < -0.4 is 14.9 Å². The number of nitrogens with zero attached hydrogens (tertiary/aromatic N) is 1. The van der Waals surface area contributed by atoms with Crippen LogP contribution >= 0.6 is 11.6 Å². The van der Waals surface area contributed by atoms with Gasteiger partial charge in [0, 0.05) is 10.6 Å². The molecule has 0 aliphatic rings. The molecule has 6 heteroatoms. The molecule has 0 radical (unpaired) electrons. The minimum Gasteiger partial charge on any atom is -0.494 e. The number of hydrogen-bond acceptors (Lipinski definition) is 4. The highest BCUT2D eigenvalue weighted by Gasteiger charge is 2.05. The van der Waals surface area contributed by atoms with Gasteiger partial charge in [-0.05, 0) is 49.2 Å². The maximum absolute atomic E-state index is 12.0. The predicted molar refractivity (Wildman–Crippen MR) is 104 cm³/mol. The Hall–Kier alpha value is -2.53. The molecule has 2 aromatic rings. The second-order valence-corrected chi connectivity index (χ2v) is 6.01. The van der Waals surface area contributed by atoms with Crippen LogP contribution in [0.25, 0.3) is 0 Å². The van der Waals surface area contributed by atoms with Crippen LogP contribution in [0.2, 0.25) is 5.02 Å². The Morgan fingerprint density at radius 1 is 1.15 bits per heavy atom. The van der Waals surface area contributed by atoms with E-state index in [0.29, 0.717) is 29.5 Å². The van der Waals surface area contributed by atoms with Crippen LogP contribution in [0.1, 0.15) is 31.4 Å². The molecule has 138 valence electrons. The lowest BCUT2D eigenvalue weighted by atomic mass is 10.1. The number of halogens is 1. The van der Waals surface area contributed by atoms with Crippen LogP contribution in [0.15, 0.2) is 47.6 Å². The summed E-state index contributed by atoms with van der Waals surface area (Å²) in [6, 6.07) is 12.7. The van der Waals surface area contributed by atoms with Crippen molar-refractivity contribution in [2.45, 2.75) is 26.7 Å². The SMILES string of the molecule is CCCOc1ccc(Cl)cc1/C=N\NC(=O)Cc1ccc(OCC)cc1. The van der Waals surface area contributed by atoms with E-state index in [9.17, 15) is 4.79 Å². The van der Waals surface area contributed by atoms with Crippen LogP contribution in [-0.4, -0.2) is 25.3 Å². The van der Waals surface area contributed by atoms with Crippen molar-refractivity contribution >= 4 is 23.7 Å². The Morgan fingerprint density at radius 3 is 2.62 bits per heavy atom. The smallest absolute Gasteiger partial charge is 0.244 e. The average Bonchev–Trinajstić information content (AvgIpc) is 2.63. The minimum atomic E-state index is -0.205. The lowest BCUT2D eigenvalue weighted by Crippen LogP contribution is -2.19. The van der Waals surface area contributed by atoms with Crippen molar-refractivity contribution in [2.24, 2.45) is 5.10 Å². The zero-order valence-electron chi connectivity index (χ0n) is 15.0. The average molecular weight is 375 g/mol. The molecular formula is C20H23ClN2O3. The Labute approximate surface area is 159 Å². The molecule has 26 heavy (non-hydrogen) atoms. The van der Waals surface area contributed by atoms with Gasteiger partial charge in [-0.15, -0.1) is 0 Å². The second kappa shape index (κ2) is 10.5. The highest BCUT2D eigenvalue weighted by Crippen LogP contribution is 2.21. The molecule has 0 fully saturated rings.